The lowest BCUT2D eigenvalue weighted by molar-refractivity contribution is -0.158. The van der Waals surface area contributed by atoms with Gasteiger partial charge in [0, 0.05) is 30.7 Å². The summed E-state index contributed by atoms with van der Waals surface area (Å²) < 4.78 is 26.1. The Balaban J connectivity index is 1.40. The number of amides is 1. The molecule has 1 saturated carbocycles. The van der Waals surface area contributed by atoms with E-state index in [4.69, 9.17) is 9.47 Å². The summed E-state index contributed by atoms with van der Waals surface area (Å²) in [5.41, 5.74) is 0.613. The molecule has 1 amide bonds. The molecular weight excluding hydrogens is 375 g/mol. The Bertz CT molecular complexity index is 699. The molecule has 7 heteroatoms. The SMILES string of the molecule is O=C(C[C@@H]1CC[C@H]2[C@@H](COC[C@H](O)CN2Cc2ccccc2F)O1)NC1CCC1. The fourth-order valence-electron chi connectivity index (χ4n) is 4.52. The topological polar surface area (TPSA) is 71.0 Å². The highest BCUT2D eigenvalue weighted by Crippen LogP contribution is 2.29. The van der Waals surface area contributed by atoms with Crippen LogP contribution in [0, 0.1) is 5.82 Å². The number of fused-ring (bicyclic) bond motifs is 1. The van der Waals surface area contributed by atoms with Crippen LogP contribution < -0.4 is 5.32 Å². The lowest BCUT2D eigenvalue weighted by atomic mass is 9.92. The smallest absolute Gasteiger partial charge is 0.222 e. The van der Waals surface area contributed by atoms with Crippen molar-refractivity contribution in [3.8, 4) is 0 Å². The number of nitrogens with one attached hydrogen (secondary N) is 1. The number of aliphatic hydroxyl groups excluding tert-OH is 1. The van der Waals surface area contributed by atoms with E-state index in [1.807, 2.05) is 6.07 Å². The van der Waals surface area contributed by atoms with E-state index >= 15 is 0 Å². The number of hydrogen-bond donors (Lipinski definition) is 2. The van der Waals surface area contributed by atoms with Crippen molar-refractivity contribution < 1.29 is 23.8 Å². The van der Waals surface area contributed by atoms with Gasteiger partial charge in [-0.1, -0.05) is 18.2 Å². The van der Waals surface area contributed by atoms with E-state index in [0.29, 0.717) is 37.7 Å². The number of ether oxygens (including phenoxy) is 2. The molecule has 0 radical (unpaired) electrons. The molecule has 1 aliphatic carbocycles. The van der Waals surface area contributed by atoms with Crippen LogP contribution in [0.5, 0.6) is 0 Å². The van der Waals surface area contributed by atoms with E-state index in [-0.39, 0.29) is 36.6 Å². The van der Waals surface area contributed by atoms with E-state index in [9.17, 15) is 14.3 Å². The van der Waals surface area contributed by atoms with Crippen LogP contribution in [0.3, 0.4) is 0 Å². The van der Waals surface area contributed by atoms with Crippen molar-refractivity contribution in [3.05, 3.63) is 35.6 Å². The Morgan fingerprint density at radius 2 is 2.03 bits per heavy atom. The van der Waals surface area contributed by atoms with Crippen LogP contribution in [-0.4, -0.2) is 66.1 Å². The van der Waals surface area contributed by atoms with Gasteiger partial charge in [0.2, 0.25) is 5.91 Å². The molecule has 4 rings (SSSR count). The first-order valence-electron chi connectivity index (χ1n) is 10.8. The Kier molecular flexibility index (Phi) is 6.80. The minimum Gasteiger partial charge on any atom is -0.389 e. The third-order valence-electron chi connectivity index (χ3n) is 6.30. The van der Waals surface area contributed by atoms with Crippen molar-refractivity contribution in [2.24, 2.45) is 0 Å². The predicted octanol–water partition coefficient (Wildman–Crippen LogP) is 1.99. The van der Waals surface area contributed by atoms with Gasteiger partial charge in [-0.05, 0) is 38.2 Å². The zero-order chi connectivity index (χ0) is 20.2. The van der Waals surface area contributed by atoms with Crippen molar-refractivity contribution in [2.45, 2.75) is 75.5 Å². The average molecular weight is 406 g/mol. The molecule has 1 aromatic carbocycles. The number of β-amino-alcohol motifs (C(OH)–C–C–N with tert-alkyl or cyclic N) is 1. The zero-order valence-corrected chi connectivity index (χ0v) is 16.8. The number of hydrogen-bond acceptors (Lipinski definition) is 5. The molecule has 0 aromatic heterocycles. The highest BCUT2D eigenvalue weighted by Gasteiger charge is 2.38. The van der Waals surface area contributed by atoms with Gasteiger partial charge in [0.25, 0.3) is 0 Å². The van der Waals surface area contributed by atoms with Crippen LogP contribution >= 0.6 is 0 Å². The molecule has 29 heavy (non-hydrogen) atoms. The van der Waals surface area contributed by atoms with Crippen LogP contribution in [-0.2, 0) is 20.8 Å². The van der Waals surface area contributed by atoms with Crippen LogP contribution in [0.15, 0.2) is 24.3 Å². The second kappa shape index (κ2) is 9.51. The Labute approximate surface area is 171 Å². The molecule has 2 heterocycles. The molecule has 160 valence electrons. The molecular formula is C22H31FN2O4. The van der Waals surface area contributed by atoms with Gasteiger partial charge in [-0.15, -0.1) is 0 Å². The number of rotatable bonds is 5. The van der Waals surface area contributed by atoms with Gasteiger partial charge < -0.3 is 19.9 Å². The third-order valence-corrected chi connectivity index (χ3v) is 6.30. The number of aliphatic hydroxyl groups is 1. The highest BCUT2D eigenvalue weighted by atomic mass is 19.1. The molecule has 6 nitrogen and oxygen atoms in total. The minimum absolute atomic E-state index is 0.0236. The maximum atomic E-state index is 14.2. The lowest BCUT2D eigenvalue weighted by Gasteiger charge is -2.44. The molecule has 0 bridgehead atoms. The zero-order valence-electron chi connectivity index (χ0n) is 16.8. The molecule has 2 N–H and O–H groups in total. The summed E-state index contributed by atoms with van der Waals surface area (Å²) in [5, 5.41) is 13.3. The highest BCUT2D eigenvalue weighted by molar-refractivity contribution is 5.76. The number of carbonyl (C=O) groups excluding carboxylic acids is 1. The maximum absolute atomic E-state index is 14.2. The van der Waals surface area contributed by atoms with Crippen molar-refractivity contribution >= 4 is 5.91 Å². The average Bonchev–Trinajstić information content (AvgIpc) is 2.65. The van der Waals surface area contributed by atoms with E-state index < -0.39 is 6.10 Å². The second-order valence-electron chi connectivity index (χ2n) is 8.55. The number of carbonyl (C=O) groups is 1. The van der Waals surface area contributed by atoms with Crippen molar-refractivity contribution in [2.75, 3.05) is 19.8 Å². The van der Waals surface area contributed by atoms with Crippen molar-refractivity contribution in [1.82, 2.24) is 10.2 Å². The maximum Gasteiger partial charge on any atom is 0.222 e. The van der Waals surface area contributed by atoms with Gasteiger partial charge in [-0.2, -0.15) is 0 Å². The molecule has 2 saturated heterocycles. The fraction of sp³-hybridized carbons (Fsp3) is 0.682. The third kappa shape index (κ3) is 5.34. The first-order chi connectivity index (χ1) is 14.1. The fourth-order valence-corrected chi connectivity index (χ4v) is 4.52. The number of halogens is 1. The summed E-state index contributed by atoms with van der Waals surface area (Å²) in [6, 6.07) is 7.11. The van der Waals surface area contributed by atoms with Gasteiger partial charge in [-0.3, -0.25) is 9.69 Å². The number of benzene rings is 1. The van der Waals surface area contributed by atoms with E-state index in [0.717, 1.165) is 25.7 Å². The van der Waals surface area contributed by atoms with Gasteiger partial charge >= 0.3 is 0 Å². The van der Waals surface area contributed by atoms with Crippen molar-refractivity contribution in [3.63, 3.8) is 0 Å². The van der Waals surface area contributed by atoms with Crippen LogP contribution in [0.1, 0.15) is 44.1 Å². The van der Waals surface area contributed by atoms with E-state index in [1.54, 1.807) is 12.1 Å². The monoisotopic (exact) mass is 406 g/mol. The molecule has 0 unspecified atom stereocenters. The van der Waals surface area contributed by atoms with Crippen molar-refractivity contribution in [1.29, 1.82) is 0 Å². The quantitative estimate of drug-likeness (QED) is 0.783. The van der Waals surface area contributed by atoms with Gasteiger partial charge in [0.15, 0.2) is 0 Å². The van der Waals surface area contributed by atoms with Crippen LogP contribution in [0.25, 0.3) is 0 Å². The number of nitrogens with zero attached hydrogens (tertiary/aromatic N) is 1. The van der Waals surface area contributed by atoms with Crippen LogP contribution in [0.2, 0.25) is 0 Å². The molecule has 4 atom stereocenters. The Hall–Kier alpha value is -1.54. The van der Waals surface area contributed by atoms with Gasteiger partial charge in [0.1, 0.15) is 5.82 Å². The molecule has 0 spiro atoms. The predicted molar refractivity (Wildman–Crippen MR) is 106 cm³/mol. The normalized spacial score (nSPS) is 31.2. The lowest BCUT2D eigenvalue weighted by Crippen LogP contribution is -2.55. The summed E-state index contributed by atoms with van der Waals surface area (Å²) in [7, 11) is 0. The molecule has 2 aliphatic heterocycles. The van der Waals surface area contributed by atoms with Gasteiger partial charge in [0.05, 0.1) is 37.9 Å². The van der Waals surface area contributed by atoms with E-state index in [2.05, 4.69) is 10.2 Å². The largest absolute Gasteiger partial charge is 0.389 e. The van der Waals surface area contributed by atoms with Crippen LogP contribution in [0.4, 0.5) is 4.39 Å². The first kappa shape index (κ1) is 20.7. The summed E-state index contributed by atoms with van der Waals surface area (Å²) in [5.74, 6) is -0.178. The minimum atomic E-state index is -0.617. The van der Waals surface area contributed by atoms with Gasteiger partial charge in [-0.25, -0.2) is 4.39 Å². The standard InChI is InChI=1S/C22H31FN2O4/c23-19-7-2-1-4-15(19)11-25-12-17(26)13-28-14-21-20(25)9-8-18(29-21)10-22(27)24-16-5-3-6-16/h1-2,4,7,16-18,20-21,26H,3,5-6,8-14H2,(H,24,27)/t17-,18+,20+,21-/m1/s1. The Morgan fingerprint density at radius 1 is 1.21 bits per heavy atom. The summed E-state index contributed by atoms with van der Waals surface area (Å²) in [6.45, 7) is 1.43. The molecule has 3 fully saturated rings. The summed E-state index contributed by atoms with van der Waals surface area (Å²) >= 11 is 0. The summed E-state index contributed by atoms with van der Waals surface area (Å²) in [6.07, 6.45) is 4.37. The van der Waals surface area contributed by atoms with E-state index in [1.165, 1.54) is 12.5 Å². The molecule has 3 aliphatic rings. The molecule has 1 aromatic rings. The first-order valence-corrected chi connectivity index (χ1v) is 10.8. The second-order valence-corrected chi connectivity index (χ2v) is 8.55. The summed E-state index contributed by atoms with van der Waals surface area (Å²) in [4.78, 5) is 14.4. The Morgan fingerprint density at radius 3 is 2.79 bits per heavy atom.